The van der Waals surface area contributed by atoms with E-state index in [1.807, 2.05) is 18.7 Å². The fraction of sp³-hybridized carbons (Fsp3) is 0.647. The van der Waals surface area contributed by atoms with Crippen molar-refractivity contribution in [3.63, 3.8) is 0 Å². The summed E-state index contributed by atoms with van der Waals surface area (Å²) in [6, 6.07) is 0. The number of carbonyl (C=O) groups is 1. The van der Waals surface area contributed by atoms with Gasteiger partial charge in [0.1, 0.15) is 0 Å². The molecule has 0 atom stereocenters. The molecule has 0 radical (unpaired) electrons. The van der Waals surface area contributed by atoms with Crippen molar-refractivity contribution in [3.8, 4) is 0 Å². The average Bonchev–Trinajstić information content (AvgIpc) is 3.12. The second-order valence-electron chi connectivity index (χ2n) is 7.12. The van der Waals surface area contributed by atoms with Crippen molar-refractivity contribution in [1.29, 1.82) is 0 Å². The zero-order valence-electron chi connectivity index (χ0n) is 15.8. The smallest absolute Gasteiger partial charge is 0.261 e. The van der Waals surface area contributed by atoms with Gasteiger partial charge in [0, 0.05) is 25.2 Å². The SMILES string of the molecule is Cc1c(C(=O)Nc2nc(C3CCNCC3)nn2C)cnn1CC(C)C.Cl. The maximum Gasteiger partial charge on any atom is 0.261 e. The van der Waals surface area contributed by atoms with Crippen LogP contribution in [0.5, 0.6) is 0 Å². The van der Waals surface area contributed by atoms with Gasteiger partial charge in [-0.25, -0.2) is 4.68 Å². The van der Waals surface area contributed by atoms with E-state index >= 15 is 0 Å². The summed E-state index contributed by atoms with van der Waals surface area (Å²) in [5.74, 6) is 1.93. The number of piperidine rings is 1. The summed E-state index contributed by atoms with van der Waals surface area (Å²) in [6.45, 7) is 8.94. The summed E-state index contributed by atoms with van der Waals surface area (Å²) in [5, 5.41) is 15.0. The van der Waals surface area contributed by atoms with Gasteiger partial charge in [-0.2, -0.15) is 15.2 Å². The van der Waals surface area contributed by atoms with Crippen LogP contribution in [0.2, 0.25) is 0 Å². The topological polar surface area (TPSA) is 89.7 Å². The Labute approximate surface area is 160 Å². The first kappa shape index (κ1) is 20.4. The molecule has 0 saturated carbocycles. The third kappa shape index (κ3) is 4.42. The molecule has 2 N–H and O–H groups in total. The number of nitrogens with one attached hydrogen (secondary N) is 2. The van der Waals surface area contributed by atoms with Crippen molar-refractivity contribution in [3.05, 3.63) is 23.3 Å². The van der Waals surface area contributed by atoms with Crippen molar-refractivity contribution < 1.29 is 4.79 Å². The number of anilines is 1. The van der Waals surface area contributed by atoms with Gasteiger partial charge in [0.25, 0.3) is 5.91 Å². The zero-order valence-corrected chi connectivity index (χ0v) is 16.6. The van der Waals surface area contributed by atoms with E-state index in [0.717, 1.165) is 44.0 Å². The van der Waals surface area contributed by atoms with Gasteiger partial charge in [0.05, 0.1) is 11.8 Å². The minimum atomic E-state index is -0.195. The number of carbonyl (C=O) groups excluding carboxylic acids is 1. The number of halogens is 1. The lowest BCUT2D eigenvalue weighted by molar-refractivity contribution is 0.102. The predicted molar refractivity (Wildman–Crippen MR) is 103 cm³/mol. The molecule has 0 spiro atoms. The second-order valence-corrected chi connectivity index (χ2v) is 7.12. The van der Waals surface area contributed by atoms with E-state index in [2.05, 4.69) is 39.7 Å². The van der Waals surface area contributed by atoms with E-state index < -0.39 is 0 Å². The predicted octanol–water partition coefficient (Wildman–Crippen LogP) is 2.12. The third-order valence-electron chi connectivity index (χ3n) is 4.59. The lowest BCUT2D eigenvalue weighted by Crippen LogP contribution is -2.27. The number of aryl methyl sites for hydroxylation is 1. The normalized spacial score (nSPS) is 15.1. The van der Waals surface area contributed by atoms with Gasteiger partial charge in [0.15, 0.2) is 5.82 Å². The van der Waals surface area contributed by atoms with Crippen LogP contribution in [0, 0.1) is 12.8 Å². The average molecular weight is 382 g/mol. The van der Waals surface area contributed by atoms with Crippen LogP contribution in [0.25, 0.3) is 0 Å². The standard InChI is InChI=1S/C17H27N7O.ClH/c1-11(2)10-24-12(3)14(9-19-24)16(25)21-17-20-15(22-23(17)4)13-5-7-18-8-6-13;/h9,11,13,18H,5-8,10H2,1-4H3,(H,20,21,22,25);1H. The lowest BCUT2D eigenvalue weighted by atomic mass is 9.98. The number of nitrogens with zero attached hydrogens (tertiary/aromatic N) is 5. The highest BCUT2D eigenvalue weighted by Gasteiger charge is 2.22. The van der Waals surface area contributed by atoms with Crippen LogP contribution >= 0.6 is 12.4 Å². The van der Waals surface area contributed by atoms with E-state index in [1.54, 1.807) is 10.9 Å². The van der Waals surface area contributed by atoms with Crippen molar-refractivity contribution in [2.45, 2.75) is 46.1 Å². The van der Waals surface area contributed by atoms with Crippen molar-refractivity contribution >= 4 is 24.3 Å². The van der Waals surface area contributed by atoms with E-state index in [-0.39, 0.29) is 18.3 Å². The van der Waals surface area contributed by atoms with Gasteiger partial charge in [-0.1, -0.05) is 13.8 Å². The first-order valence-corrected chi connectivity index (χ1v) is 8.91. The van der Waals surface area contributed by atoms with Gasteiger partial charge in [-0.05, 0) is 38.8 Å². The Morgan fingerprint density at radius 1 is 1.38 bits per heavy atom. The Balaban J connectivity index is 0.00000243. The van der Waals surface area contributed by atoms with Crippen LogP contribution < -0.4 is 10.6 Å². The molecule has 0 aromatic carbocycles. The first-order chi connectivity index (χ1) is 12.0. The van der Waals surface area contributed by atoms with Crippen molar-refractivity contribution in [2.75, 3.05) is 18.4 Å². The van der Waals surface area contributed by atoms with Gasteiger partial charge >= 0.3 is 0 Å². The maximum atomic E-state index is 12.6. The summed E-state index contributed by atoms with van der Waals surface area (Å²) >= 11 is 0. The molecule has 3 rings (SSSR count). The van der Waals surface area contributed by atoms with Crippen LogP contribution in [-0.2, 0) is 13.6 Å². The fourth-order valence-corrected chi connectivity index (χ4v) is 3.13. The number of aromatic nitrogens is 5. The molecule has 8 nitrogen and oxygen atoms in total. The number of hydrogen-bond acceptors (Lipinski definition) is 5. The highest BCUT2D eigenvalue weighted by atomic mass is 35.5. The van der Waals surface area contributed by atoms with E-state index in [9.17, 15) is 4.79 Å². The molecule has 1 aliphatic rings. The molecule has 26 heavy (non-hydrogen) atoms. The highest BCUT2D eigenvalue weighted by Crippen LogP contribution is 2.23. The molecule has 144 valence electrons. The van der Waals surface area contributed by atoms with E-state index in [1.165, 1.54) is 0 Å². The summed E-state index contributed by atoms with van der Waals surface area (Å²) in [6.07, 6.45) is 3.67. The van der Waals surface area contributed by atoms with Crippen LogP contribution in [0.1, 0.15) is 54.5 Å². The Morgan fingerprint density at radius 2 is 2.08 bits per heavy atom. The quantitative estimate of drug-likeness (QED) is 0.827. The molecule has 1 amide bonds. The zero-order chi connectivity index (χ0) is 18.0. The molecule has 1 fully saturated rings. The number of amides is 1. The minimum Gasteiger partial charge on any atom is -0.317 e. The minimum absolute atomic E-state index is 0. The highest BCUT2D eigenvalue weighted by molar-refractivity contribution is 6.04. The Bertz CT molecular complexity index is 746. The summed E-state index contributed by atoms with van der Waals surface area (Å²) in [7, 11) is 1.81. The van der Waals surface area contributed by atoms with Crippen LogP contribution in [0.4, 0.5) is 5.95 Å². The first-order valence-electron chi connectivity index (χ1n) is 8.91. The molecular formula is C17H28ClN7O. The van der Waals surface area contributed by atoms with Gasteiger partial charge in [-0.3, -0.25) is 14.8 Å². The fourth-order valence-electron chi connectivity index (χ4n) is 3.13. The molecule has 9 heteroatoms. The van der Waals surface area contributed by atoms with Gasteiger partial charge < -0.3 is 5.32 Å². The summed E-state index contributed by atoms with van der Waals surface area (Å²) < 4.78 is 3.51. The molecule has 0 unspecified atom stereocenters. The Hall–Kier alpha value is -1.93. The summed E-state index contributed by atoms with van der Waals surface area (Å²) in [4.78, 5) is 17.2. The molecule has 1 aliphatic heterocycles. The van der Waals surface area contributed by atoms with Crippen LogP contribution in [0.3, 0.4) is 0 Å². The molecule has 0 aliphatic carbocycles. The monoisotopic (exact) mass is 381 g/mol. The Morgan fingerprint density at radius 3 is 2.73 bits per heavy atom. The van der Waals surface area contributed by atoms with Crippen LogP contribution in [0.15, 0.2) is 6.20 Å². The largest absolute Gasteiger partial charge is 0.317 e. The van der Waals surface area contributed by atoms with E-state index in [0.29, 0.717) is 23.3 Å². The third-order valence-corrected chi connectivity index (χ3v) is 4.59. The maximum absolute atomic E-state index is 12.6. The van der Waals surface area contributed by atoms with E-state index in [4.69, 9.17) is 0 Å². The van der Waals surface area contributed by atoms with Gasteiger partial charge in [-0.15, -0.1) is 12.4 Å². The van der Waals surface area contributed by atoms with Crippen LogP contribution in [-0.4, -0.2) is 43.5 Å². The van der Waals surface area contributed by atoms with Gasteiger partial charge in [0.2, 0.25) is 5.95 Å². The second kappa shape index (κ2) is 8.64. The Kier molecular flexibility index (Phi) is 6.77. The molecule has 0 bridgehead atoms. The summed E-state index contributed by atoms with van der Waals surface area (Å²) in [5.41, 5.74) is 1.44. The lowest BCUT2D eigenvalue weighted by Gasteiger charge is -2.19. The molecule has 1 saturated heterocycles. The molecule has 3 heterocycles. The van der Waals surface area contributed by atoms with Crippen molar-refractivity contribution in [2.24, 2.45) is 13.0 Å². The molecular weight excluding hydrogens is 354 g/mol. The molecule has 2 aromatic rings. The number of hydrogen-bond donors (Lipinski definition) is 2. The van der Waals surface area contributed by atoms with Crippen molar-refractivity contribution in [1.82, 2.24) is 29.9 Å². The molecule has 2 aromatic heterocycles. The number of rotatable bonds is 5.